The van der Waals surface area contributed by atoms with Crippen LogP contribution in [0.3, 0.4) is 0 Å². The van der Waals surface area contributed by atoms with Crippen molar-refractivity contribution in [1.82, 2.24) is 4.90 Å². The van der Waals surface area contributed by atoms with Crippen LogP contribution in [0.15, 0.2) is 24.3 Å². The van der Waals surface area contributed by atoms with Gasteiger partial charge in [-0.15, -0.1) is 11.3 Å². The fourth-order valence-corrected chi connectivity index (χ4v) is 5.83. The first-order valence-electron chi connectivity index (χ1n) is 7.90. The van der Waals surface area contributed by atoms with E-state index in [1.165, 1.54) is 16.2 Å². The van der Waals surface area contributed by atoms with E-state index in [9.17, 15) is 18.0 Å². The highest BCUT2D eigenvalue weighted by molar-refractivity contribution is 7.91. The molecule has 1 saturated heterocycles. The maximum absolute atomic E-state index is 12.3. The van der Waals surface area contributed by atoms with Crippen LogP contribution >= 0.6 is 11.3 Å². The van der Waals surface area contributed by atoms with Gasteiger partial charge in [-0.3, -0.25) is 4.79 Å². The fraction of sp³-hybridized carbons (Fsp3) is 0.412. The number of carbonyl (C=O) groups excluding carboxylic acids is 2. The molecule has 1 aliphatic heterocycles. The highest BCUT2D eigenvalue weighted by atomic mass is 32.2. The van der Waals surface area contributed by atoms with Gasteiger partial charge in [0.1, 0.15) is 4.88 Å². The summed E-state index contributed by atoms with van der Waals surface area (Å²) < 4.78 is 29.2. The van der Waals surface area contributed by atoms with Crippen molar-refractivity contribution in [2.24, 2.45) is 0 Å². The second-order valence-corrected chi connectivity index (χ2v) is 9.47. The van der Waals surface area contributed by atoms with Gasteiger partial charge in [0.15, 0.2) is 16.4 Å². The third kappa shape index (κ3) is 3.69. The Bertz CT molecular complexity index is 932. The van der Waals surface area contributed by atoms with Crippen molar-refractivity contribution in [2.75, 3.05) is 25.2 Å². The van der Waals surface area contributed by atoms with E-state index in [0.29, 0.717) is 11.3 Å². The number of sulfone groups is 1. The molecule has 8 heteroatoms. The molecule has 134 valence electrons. The third-order valence-corrected chi connectivity index (χ3v) is 7.51. The molecule has 1 atom stereocenters. The number of amides is 1. The van der Waals surface area contributed by atoms with Gasteiger partial charge < -0.3 is 9.64 Å². The minimum absolute atomic E-state index is 0.0292. The zero-order valence-corrected chi connectivity index (χ0v) is 15.7. The molecular weight excluding hydrogens is 362 g/mol. The molecule has 0 aliphatic carbocycles. The van der Waals surface area contributed by atoms with Gasteiger partial charge in [0, 0.05) is 17.8 Å². The number of esters is 1. The molecule has 0 unspecified atom stereocenters. The van der Waals surface area contributed by atoms with E-state index in [4.69, 9.17) is 4.74 Å². The minimum Gasteiger partial charge on any atom is -0.451 e. The van der Waals surface area contributed by atoms with Crippen LogP contribution in [-0.4, -0.2) is 56.4 Å². The van der Waals surface area contributed by atoms with E-state index in [1.807, 2.05) is 31.2 Å². The number of ether oxygens (including phenoxy) is 1. The Hall–Kier alpha value is -1.93. The first-order valence-corrected chi connectivity index (χ1v) is 10.5. The molecule has 2 aromatic rings. The third-order valence-electron chi connectivity index (χ3n) is 4.51. The Morgan fingerprint density at radius 3 is 2.68 bits per heavy atom. The van der Waals surface area contributed by atoms with E-state index < -0.39 is 21.7 Å². The molecule has 1 aliphatic rings. The second kappa shape index (κ2) is 6.76. The van der Waals surface area contributed by atoms with Gasteiger partial charge in [-0.2, -0.15) is 0 Å². The summed E-state index contributed by atoms with van der Waals surface area (Å²) in [7, 11) is -1.52. The SMILES string of the molecule is Cc1c(C(=O)OCC(=O)N(C)[C@H]2CCS(=O)(=O)C2)sc2ccccc12. The number of nitrogens with zero attached hydrogens (tertiary/aromatic N) is 1. The number of carbonyl (C=O) groups is 2. The Labute approximate surface area is 150 Å². The number of hydrogen-bond acceptors (Lipinski definition) is 6. The van der Waals surface area contributed by atoms with Crippen molar-refractivity contribution in [1.29, 1.82) is 0 Å². The average molecular weight is 381 g/mol. The number of hydrogen-bond donors (Lipinski definition) is 0. The van der Waals surface area contributed by atoms with Gasteiger partial charge in [-0.25, -0.2) is 13.2 Å². The van der Waals surface area contributed by atoms with Crippen molar-refractivity contribution in [2.45, 2.75) is 19.4 Å². The second-order valence-electron chi connectivity index (χ2n) is 6.19. The number of rotatable bonds is 4. The number of fused-ring (bicyclic) bond motifs is 1. The predicted molar refractivity (Wildman–Crippen MR) is 96.7 cm³/mol. The number of likely N-dealkylation sites (N-methyl/N-ethyl adjacent to an activating group) is 1. The number of thiophene rings is 1. The van der Waals surface area contributed by atoms with Gasteiger partial charge >= 0.3 is 5.97 Å². The predicted octanol–water partition coefficient (Wildman–Crippen LogP) is 2.01. The lowest BCUT2D eigenvalue weighted by Gasteiger charge is -2.23. The minimum atomic E-state index is -3.07. The van der Waals surface area contributed by atoms with Crippen LogP contribution in [0.2, 0.25) is 0 Å². The van der Waals surface area contributed by atoms with E-state index in [2.05, 4.69) is 0 Å². The average Bonchev–Trinajstić information content (AvgIpc) is 3.12. The lowest BCUT2D eigenvalue weighted by atomic mass is 10.1. The Kier molecular flexibility index (Phi) is 4.83. The van der Waals surface area contributed by atoms with Crippen LogP contribution in [0.1, 0.15) is 21.7 Å². The molecule has 6 nitrogen and oxygen atoms in total. The number of aryl methyl sites for hydroxylation is 1. The van der Waals surface area contributed by atoms with E-state index in [0.717, 1.165) is 15.6 Å². The molecule has 1 aromatic heterocycles. The molecule has 1 amide bonds. The van der Waals surface area contributed by atoms with Crippen LogP contribution in [0.25, 0.3) is 10.1 Å². The zero-order chi connectivity index (χ0) is 18.2. The van der Waals surface area contributed by atoms with Gasteiger partial charge in [0.25, 0.3) is 5.91 Å². The molecule has 0 spiro atoms. The van der Waals surface area contributed by atoms with Crippen molar-refractivity contribution in [3.05, 3.63) is 34.7 Å². The largest absolute Gasteiger partial charge is 0.451 e. The van der Waals surface area contributed by atoms with Crippen LogP contribution in [-0.2, 0) is 19.4 Å². The molecule has 1 aromatic carbocycles. The monoisotopic (exact) mass is 381 g/mol. The van der Waals surface area contributed by atoms with E-state index >= 15 is 0 Å². The molecule has 0 radical (unpaired) electrons. The van der Waals surface area contributed by atoms with Crippen LogP contribution in [0.4, 0.5) is 0 Å². The van der Waals surface area contributed by atoms with Crippen molar-refractivity contribution >= 4 is 43.1 Å². The normalized spacial score (nSPS) is 19.0. The van der Waals surface area contributed by atoms with E-state index in [-0.39, 0.29) is 24.2 Å². The zero-order valence-electron chi connectivity index (χ0n) is 14.0. The van der Waals surface area contributed by atoms with Crippen LogP contribution in [0, 0.1) is 6.92 Å². The molecule has 1 fully saturated rings. The van der Waals surface area contributed by atoms with Crippen LogP contribution < -0.4 is 0 Å². The van der Waals surface area contributed by atoms with Crippen LogP contribution in [0.5, 0.6) is 0 Å². The van der Waals surface area contributed by atoms with Crippen molar-refractivity contribution in [3.8, 4) is 0 Å². The molecule has 0 N–H and O–H groups in total. The summed E-state index contributed by atoms with van der Waals surface area (Å²) in [6.07, 6.45) is 0.425. The maximum atomic E-state index is 12.3. The van der Waals surface area contributed by atoms with Gasteiger partial charge in [-0.05, 0) is 30.4 Å². The first-order chi connectivity index (χ1) is 11.8. The Morgan fingerprint density at radius 2 is 2.04 bits per heavy atom. The lowest BCUT2D eigenvalue weighted by molar-refractivity contribution is -0.134. The lowest BCUT2D eigenvalue weighted by Crippen LogP contribution is -2.40. The molecule has 0 saturated carbocycles. The fourth-order valence-electron chi connectivity index (χ4n) is 2.95. The summed E-state index contributed by atoms with van der Waals surface area (Å²) in [4.78, 5) is 26.4. The summed E-state index contributed by atoms with van der Waals surface area (Å²) in [6.45, 7) is 1.46. The van der Waals surface area contributed by atoms with Gasteiger partial charge in [0.05, 0.1) is 11.5 Å². The van der Waals surface area contributed by atoms with Crippen molar-refractivity contribution in [3.63, 3.8) is 0 Å². The van der Waals surface area contributed by atoms with Gasteiger partial charge in [-0.1, -0.05) is 18.2 Å². The molecule has 2 heterocycles. The molecule has 0 bridgehead atoms. The topological polar surface area (TPSA) is 80.8 Å². The summed E-state index contributed by atoms with van der Waals surface area (Å²) in [5.41, 5.74) is 0.841. The van der Waals surface area contributed by atoms with E-state index in [1.54, 1.807) is 7.05 Å². The Balaban J connectivity index is 1.63. The maximum Gasteiger partial charge on any atom is 0.349 e. The molecule has 3 rings (SSSR count). The van der Waals surface area contributed by atoms with Crippen molar-refractivity contribution < 1.29 is 22.7 Å². The molecule has 25 heavy (non-hydrogen) atoms. The summed E-state index contributed by atoms with van der Waals surface area (Å²) in [5.74, 6) is -0.858. The summed E-state index contributed by atoms with van der Waals surface area (Å²) >= 11 is 1.34. The first kappa shape index (κ1) is 17.9. The quantitative estimate of drug-likeness (QED) is 0.757. The Morgan fingerprint density at radius 1 is 1.32 bits per heavy atom. The molecular formula is C17H19NO5S2. The number of benzene rings is 1. The smallest absolute Gasteiger partial charge is 0.349 e. The standard InChI is InChI=1S/C17H19NO5S2/c1-11-13-5-3-4-6-14(13)24-16(11)17(20)23-9-15(19)18(2)12-7-8-25(21,22)10-12/h3-6,12H,7-10H2,1-2H3/t12-/m0/s1. The highest BCUT2D eigenvalue weighted by Gasteiger charge is 2.33. The summed E-state index contributed by atoms with van der Waals surface area (Å²) in [5, 5.41) is 0.999. The highest BCUT2D eigenvalue weighted by Crippen LogP contribution is 2.31. The summed E-state index contributed by atoms with van der Waals surface area (Å²) in [6, 6.07) is 7.34. The van der Waals surface area contributed by atoms with Gasteiger partial charge in [0.2, 0.25) is 0 Å².